The lowest BCUT2D eigenvalue weighted by atomic mass is 9.96. The SMILES string of the molecule is CN=C(NCc1cccnc1Oc1cccc(F)c1)NC1CC2CCC1O2.I. The fourth-order valence-electron chi connectivity index (χ4n) is 3.63. The summed E-state index contributed by atoms with van der Waals surface area (Å²) in [5, 5.41) is 6.75. The minimum Gasteiger partial charge on any atom is -0.439 e. The molecular formula is C20H24FIN4O2. The average molecular weight is 498 g/mol. The maximum absolute atomic E-state index is 13.4. The molecule has 6 nitrogen and oxygen atoms in total. The van der Waals surface area contributed by atoms with Gasteiger partial charge in [0.05, 0.1) is 18.2 Å². The first-order chi connectivity index (χ1) is 13.2. The lowest BCUT2D eigenvalue weighted by molar-refractivity contribution is 0.0992. The summed E-state index contributed by atoms with van der Waals surface area (Å²) < 4.78 is 25.0. The molecule has 0 spiro atoms. The van der Waals surface area contributed by atoms with E-state index in [2.05, 4.69) is 20.6 Å². The molecule has 2 bridgehead atoms. The Balaban J connectivity index is 0.00000225. The summed E-state index contributed by atoms with van der Waals surface area (Å²) in [7, 11) is 1.75. The van der Waals surface area contributed by atoms with Gasteiger partial charge in [0.2, 0.25) is 5.88 Å². The molecule has 0 saturated carbocycles. The second-order valence-corrected chi connectivity index (χ2v) is 6.81. The lowest BCUT2D eigenvalue weighted by Crippen LogP contribution is -2.47. The molecule has 0 amide bonds. The molecule has 2 N–H and O–H groups in total. The van der Waals surface area contributed by atoms with Crippen molar-refractivity contribution in [1.82, 2.24) is 15.6 Å². The summed E-state index contributed by atoms with van der Waals surface area (Å²) in [6, 6.07) is 10.1. The summed E-state index contributed by atoms with van der Waals surface area (Å²) in [5.74, 6) is 1.23. The molecule has 3 atom stereocenters. The first-order valence-electron chi connectivity index (χ1n) is 9.21. The largest absolute Gasteiger partial charge is 0.439 e. The molecule has 4 rings (SSSR count). The van der Waals surface area contributed by atoms with E-state index in [0.29, 0.717) is 30.3 Å². The van der Waals surface area contributed by atoms with Crippen LogP contribution < -0.4 is 15.4 Å². The molecule has 150 valence electrons. The van der Waals surface area contributed by atoms with Gasteiger partial charge in [-0.1, -0.05) is 12.1 Å². The molecule has 0 aliphatic carbocycles. The van der Waals surface area contributed by atoms with Gasteiger partial charge in [-0.25, -0.2) is 9.37 Å². The predicted octanol–water partition coefficient (Wildman–Crippen LogP) is 3.62. The van der Waals surface area contributed by atoms with Crippen molar-refractivity contribution >= 4 is 29.9 Å². The lowest BCUT2D eigenvalue weighted by Gasteiger charge is -2.22. The Morgan fingerprint density at radius 1 is 1.32 bits per heavy atom. The number of aliphatic imine (C=N–C) groups is 1. The third-order valence-electron chi connectivity index (χ3n) is 4.96. The molecule has 1 aromatic carbocycles. The van der Waals surface area contributed by atoms with Crippen molar-refractivity contribution in [3.8, 4) is 11.6 Å². The normalized spacial score (nSPS) is 23.2. The van der Waals surface area contributed by atoms with E-state index in [-0.39, 0.29) is 35.9 Å². The summed E-state index contributed by atoms with van der Waals surface area (Å²) in [4.78, 5) is 8.58. The van der Waals surface area contributed by atoms with Gasteiger partial charge in [-0.3, -0.25) is 4.99 Å². The molecule has 0 radical (unpaired) electrons. The molecule has 1 aromatic heterocycles. The minimum atomic E-state index is -0.346. The molecule has 2 aliphatic rings. The van der Waals surface area contributed by atoms with Gasteiger partial charge < -0.3 is 20.1 Å². The predicted molar refractivity (Wildman–Crippen MR) is 116 cm³/mol. The van der Waals surface area contributed by atoms with Crippen LogP contribution in [0.1, 0.15) is 24.8 Å². The van der Waals surface area contributed by atoms with Gasteiger partial charge in [0.1, 0.15) is 11.6 Å². The van der Waals surface area contributed by atoms with Gasteiger partial charge in [0.25, 0.3) is 0 Å². The Morgan fingerprint density at radius 2 is 2.21 bits per heavy atom. The summed E-state index contributed by atoms with van der Waals surface area (Å²) in [5.41, 5.74) is 0.855. The van der Waals surface area contributed by atoms with E-state index >= 15 is 0 Å². The molecule has 28 heavy (non-hydrogen) atoms. The zero-order chi connectivity index (χ0) is 18.6. The van der Waals surface area contributed by atoms with E-state index in [1.165, 1.54) is 12.1 Å². The van der Waals surface area contributed by atoms with Gasteiger partial charge in [0.15, 0.2) is 5.96 Å². The molecule has 8 heteroatoms. The summed E-state index contributed by atoms with van der Waals surface area (Å²) >= 11 is 0. The van der Waals surface area contributed by atoms with Gasteiger partial charge in [-0.15, -0.1) is 24.0 Å². The standard InChI is InChI=1S/C20H23FN4O2.HI/c1-22-20(25-17-11-16-7-8-18(17)26-16)24-12-13-4-3-9-23-19(13)27-15-6-2-5-14(21)10-15;/h2-6,9-10,16-18H,7-8,11-12H2,1H3,(H2,22,24,25);1H. The van der Waals surface area contributed by atoms with Crippen LogP contribution in [-0.4, -0.2) is 36.2 Å². The molecular weight excluding hydrogens is 474 g/mol. The highest BCUT2D eigenvalue weighted by Gasteiger charge is 2.41. The van der Waals surface area contributed by atoms with Crippen molar-refractivity contribution in [2.75, 3.05) is 7.05 Å². The number of halogens is 2. The van der Waals surface area contributed by atoms with Gasteiger partial charge in [-0.2, -0.15) is 0 Å². The monoisotopic (exact) mass is 498 g/mol. The molecule has 2 aliphatic heterocycles. The quantitative estimate of drug-likeness (QED) is 0.375. The van der Waals surface area contributed by atoms with E-state index < -0.39 is 0 Å². The summed E-state index contributed by atoms with van der Waals surface area (Å²) in [6.07, 6.45) is 5.59. The second-order valence-electron chi connectivity index (χ2n) is 6.81. The van der Waals surface area contributed by atoms with Crippen LogP contribution in [0.5, 0.6) is 11.6 Å². The maximum atomic E-state index is 13.4. The van der Waals surface area contributed by atoms with Crippen LogP contribution in [-0.2, 0) is 11.3 Å². The maximum Gasteiger partial charge on any atom is 0.224 e. The van der Waals surface area contributed by atoms with Crippen LogP contribution >= 0.6 is 24.0 Å². The fraction of sp³-hybridized carbons (Fsp3) is 0.400. The first kappa shape index (κ1) is 20.8. The van der Waals surface area contributed by atoms with Gasteiger partial charge in [-0.05, 0) is 37.5 Å². The number of ether oxygens (including phenoxy) is 2. The number of guanidine groups is 1. The van der Waals surface area contributed by atoms with Crippen molar-refractivity contribution in [3.63, 3.8) is 0 Å². The number of hydrogen-bond donors (Lipinski definition) is 2. The molecule has 3 unspecified atom stereocenters. The number of benzene rings is 1. The van der Waals surface area contributed by atoms with E-state index in [9.17, 15) is 4.39 Å². The smallest absolute Gasteiger partial charge is 0.224 e. The van der Waals surface area contributed by atoms with Crippen LogP contribution in [0.2, 0.25) is 0 Å². The van der Waals surface area contributed by atoms with E-state index in [4.69, 9.17) is 9.47 Å². The number of rotatable bonds is 5. The van der Waals surface area contributed by atoms with E-state index in [0.717, 1.165) is 30.8 Å². The summed E-state index contributed by atoms with van der Waals surface area (Å²) in [6.45, 7) is 0.486. The average Bonchev–Trinajstić information content (AvgIpc) is 3.29. The number of nitrogens with one attached hydrogen (secondary N) is 2. The number of pyridine rings is 1. The van der Waals surface area contributed by atoms with Crippen LogP contribution in [0.25, 0.3) is 0 Å². The third kappa shape index (κ3) is 4.91. The van der Waals surface area contributed by atoms with Crippen LogP contribution in [0.3, 0.4) is 0 Å². The highest BCUT2D eigenvalue weighted by molar-refractivity contribution is 14.0. The molecule has 2 aromatic rings. The second kappa shape index (κ2) is 9.51. The van der Waals surface area contributed by atoms with Gasteiger partial charge >= 0.3 is 0 Å². The van der Waals surface area contributed by atoms with Crippen molar-refractivity contribution in [3.05, 3.63) is 54.0 Å². The van der Waals surface area contributed by atoms with Crippen molar-refractivity contribution < 1.29 is 13.9 Å². The van der Waals surface area contributed by atoms with E-state index in [1.807, 2.05) is 12.1 Å². The highest BCUT2D eigenvalue weighted by Crippen LogP contribution is 2.34. The Hall–Kier alpha value is -1.94. The van der Waals surface area contributed by atoms with Crippen LogP contribution in [0, 0.1) is 5.82 Å². The van der Waals surface area contributed by atoms with Crippen LogP contribution in [0.15, 0.2) is 47.6 Å². The minimum absolute atomic E-state index is 0. The number of nitrogens with zero attached hydrogens (tertiary/aromatic N) is 2. The molecule has 3 heterocycles. The number of hydrogen-bond acceptors (Lipinski definition) is 4. The molecule has 2 fully saturated rings. The third-order valence-corrected chi connectivity index (χ3v) is 4.96. The Bertz CT molecular complexity index is 835. The Kier molecular flexibility index (Phi) is 7.06. The van der Waals surface area contributed by atoms with Crippen molar-refractivity contribution in [2.24, 2.45) is 4.99 Å². The number of fused-ring (bicyclic) bond motifs is 2. The topological polar surface area (TPSA) is 67.8 Å². The zero-order valence-corrected chi connectivity index (χ0v) is 17.9. The fourth-order valence-corrected chi connectivity index (χ4v) is 3.63. The van der Waals surface area contributed by atoms with E-state index in [1.54, 1.807) is 25.4 Å². The van der Waals surface area contributed by atoms with Gasteiger partial charge in [0, 0.05) is 31.4 Å². The first-order valence-corrected chi connectivity index (χ1v) is 9.21. The van der Waals surface area contributed by atoms with Crippen molar-refractivity contribution in [2.45, 2.75) is 44.1 Å². The number of aromatic nitrogens is 1. The highest BCUT2D eigenvalue weighted by atomic mass is 127. The zero-order valence-electron chi connectivity index (χ0n) is 15.6. The Morgan fingerprint density at radius 3 is 2.93 bits per heavy atom. The molecule has 2 saturated heterocycles. The Labute approximate surface area is 181 Å². The van der Waals surface area contributed by atoms with Crippen molar-refractivity contribution in [1.29, 1.82) is 0 Å². The van der Waals surface area contributed by atoms with Crippen LogP contribution in [0.4, 0.5) is 4.39 Å².